The Hall–Kier alpha value is -0.960. The first-order valence-electron chi connectivity index (χ1n) is 5.84. The van der Waals surface area contributed by atoms with Crippen LogP contribution in [0.3, 0.4) is 0 Å². The summed E-state index contributed by atoms with van der Waals surface area (Å²) >= 11 is 1.81. The van der Waals surface area contributed by atoms with Crippen LogP contribution in [0.2, 0.25) is 0 Å². The number of hydrogen-bond acceptors (Lipinski definition) is 3. The summed E-state index contributed by atoms with van der Waals surface area (Å²) in [5.74, 6) is 1.17. The Bertz CT molecular complexity index is 370. The fraction of sp³-hybridized carbons (Fsp3) is 0.462. The number of thioether (sulfide) groups is 1. The van der Waals surface area contributed by atoms with Crippen molar-refractivity contribution >= 4 is 22.6 Å². The number of benzene rings is 1. The summed E-state index contributed by atoms with van der Waals surface area (Å²) in [6.07, 6.45) is 2.28. The van der Waals surface area contributed by atoms with Crippen LogP contribution in [0.1, 0.15) is 25.8 Å². The highest BCUT2D eigenvalue weighted by Crippen LogP contribution is 2.19. The zero-order valence-electron chi connectivity index (χ0n) is 9.86. The van der Waals surface area contributed by atoms with Crippen molar-refractivity contribution in [2.45, 2.75) is 32.7 Å². The standard InChI is InChI=1S/C13H18N2S/c1-3-11-4-6-12(7-5-11)15-13-14-10(2)8-9-16-13/h4-7,10H,3,8-9H2,1-2H3,(H,14,15). The minimum atomic E-state index is 0.457. The molecule has 1 N–H and O–H groups in total. The molecule has 0 saturated heterocycles. The van der Waals surface area contributed by atoms with Crippen molar-refractivity contribution in [2.24, 2.45) is 4.99 Å². The van der Waals surface area contributed by atoms with E-state index in [9.17, 15) is 0 Å². The third-order valence-electron chi connectivity index (χ3n) is 2.73. The largest absolute Gasteiger partial charge is 0.335 e. The maximum absolute atomic E-state index is 4.59. The highest BCUT2D eigenvalue weighted by molar-refractivity contribution is 8.14. The molecule has 0 saturated carbocycles. The highest BCUT2D eigenvalue weighted by atomic mass is 32.2. The first-order chi connectivity index (χ1) is 7.78. The lowest BCUT2D eigenvalue weighted by Gasteiger charge is -2.17. The van der Waals surface area contributed by atoms with Crippen LogP contribution >= 0.6 is 11.8 Å². The number of rotatable bonds is 2. The second-order valence-electron chi connectivity index (χ2n) is 4.10. The zero-order valence-corrected chi connectivity index (χ0v) is 10.7. The molecule has 1 atom stereocenters. The van der Waals surface area contributed by atoms with Gasteiger partial charge in [0, 0.05) is 11.4 Å². The quantitative estimate of drug-likeness (QED) is 0.846. The highest BCUT2D eigenvalue weighted by Gasteiger charge is 2.11. The molecular formula is C13H18N2S. The number of hydrogen-bond donors (Lipinski definition) is 1. The van der Waals surface area contributed by atoms with Crippen LogP contribution in [0.25, 0.3) is 0 Å². The molecule has 0 radical (unpaired) electrons. The van der Waals surface area contributed by atoms with E-state index in [1.807, 2.05) is 11.8 Å². The lowest BCUT2D eigenvalue weighted by molar-refractivity contribution is 0.720. The molecule has 16 heavy (non-hydrogen) atoms. The van der Waals surface area contributed by atoms with Crippen molar-refractivity contribution < 1.29 is 0 Å². The number of anilines is 1. The minimum absolute atomic E-state index is 0.457. The van der Waals surface area contributed by atoms with Crippen LogP contribution in [0.15, 0.2) is 29.3 Å². The van der Waals surface area contributed by atoms with Gasteiger partial charge < -0.3 is 5.32 Å². The van der Waals surface area contributed by atoms with Gasteiger partial charge in [0.05, 0.1) is 6.04 Å². The molecule has 86 valence electrons. The molecule has 2 rings (SSSR count). The third-order valence-corrected chi connectivity index (χ3v) is 3.65. The molecule has 1 aliphatic heterocycles. The Morgan fingerprint density at radius 2 is 2.12 bits per heavy atom. The van der Waals surface area contributed by atoms with Crippen LogP contribution in [-0.4, -0.2) is 17.0 Å². The fourth-order valence-electron chi connectivity index (χ4n) is 1.64. The number of nitrogens with zero attached hydrogens (tertiary/aromatic N) is 1. The van der Waals surface area contributed by atoms with E-state index in [0.29, 0.717) is 6.04 Å². The Balaban J connectivity index is 2.03. The second kappa shape index (κ2) is 5.39. The van der Waals surface area contributed by atoms with E-state index in [1.165, 1.54) is 17.7 Å². The van der Waals surface area contributed by atoms with Crippen molar-refractivity contribution in [3.63, 3.8) is 0 Å². The van der Waals surface area contributed by atoms with E-state index in [1.54, 1.807) is 0 Å². The zero-order chi connectivity index (χ0) is 11.4. The van der Waals surface area contributed by atoms with E-state index in [-0.39, 0.29) is 0 Å². The first kappa shape index (κ1) is 11.5. The Labute approximate surface area is 102 Å². The molecule has 1 heterocycles. The summed E-state index contributed by atoms with van der Waals surface area (Å²) in [6.45, 7) is 4.34. The lowest BCUT2D eigenvalue weighted by Crippen LogP contribution is -2.17. The van der Waals surface area contributed by atoms with Gasteiger partial charge in [-0.1, -0.05) is 30.8 Å². The average Bonchev–Trinajstić information content (AvgIpc) is 2.30. The summed E-state index contributed by atoms with van der Waals surface area (Å²) in [7, 11) is 0. The Kier molecular flexibility index (Phi) is 3.88. The van der Waals surface area contributed by atoms with Gasteiger partial charge in [0.1, 0.15) is 0 Å². The second-order valence-corrected chi connectivity index (χ2v) is 5.18. The Morgan fingerprint density at radius 1 is 1.38 bits per heavy atom. The molecule has 0 bridgehead atoms. The van der Waals surface area contributed by atoms with Crippen molar-refractivity contribution in [3.05, 3.63) is 29.8 Å². The molecule has 2 nitrogen and oxygen atoms in total. The molecule has 0 amide bonds. The molecular weight excluding hydrogens is 216 g/mol. The monoisotopic (exact) mass is 234 g/mol. The van der Waals surface area contributed by atoms with Crippen molar-refractivity contribution in [3.8, 4) is 0 Å². The molecule has 0 aromatic heterocycles. The molecule has 0 aliphatic carbocycles. The van der Waals surface area contributed by atoms with Crippen LogP contribution in [0.5, 0.6) is 0 Å². The molecule has 1 unspecified atom stereocenters. The Morgan fingerprint density at radius 3 is 2.75 bits per heavy atom. The van der Waals surface area contributed by atoms with Gasteiger partial charge in [-0.15, -0.1) is 0 Å². The predicted octanol–water partition coefficient (Wildman–Crippen LogP) is 3.54. The maximum atomic E-state index is 4.59. The van der Waals surface area contributed by atoms with Gasteiger partial charge in [-0.2, -0.15) is 0 Å². The number of amidine groups is 1. The molecule has 0 fully saturated rings. The molecule has 1 aromatic carbocycles. The van der Waals surface area contributed by atoms with Crippen LogP contribution in [0.4, 0.5) is 5.69 Å². The van der Waals surface area contributed by atoms with Gasteiger partial charge >= 0.3 is 0 Å². The van der Waals surface area contributed by atoms with Crippen LogP contribution < -0.4 is 5.32 Å². The summed E-state index contributed by atoms with van der Waals surface area (Å²) in [5.41, 5.74) is 2.51. The predicted molar refractivity (Wildman–Crippen MR) is 73.4 cm³/mol. The van der Waals surface area contributed by atoms with E-state index in [4.69, 9.17) is 0 Å². The number of aryl methyl sites for hydroxylation is 1. The molecule has 3 heteroatoms. The van der Waals surface area contributed by atoms with Gasteiger partial charge in [-0.25, -0.2) is 0 Å². The SMILES string of the molecule is CCc1ccc(NC2=NC(C)CCS2)cc1. The van der Waals surface area contributed by atoms with E-state index in [0.717, 1.165) is 17.3 Å². The topological polar surface area (TPSA) is 24.4 Å². The fourth-order valence-corrected chi connectivity index (χ4v) is 2.74. The van der Waals surface area contributed by atoms with Gasteiger partial charge in [0.15, 0.2) is 5.17 Å². The molecule has 1 aromatic rings. The van der Waals surface area contributed by atoms with Gasteiger partial charge in [0.25, 0.3) is 0 Å². The summed E-state index contributed by atoms with van der Waals surface area (Å²) in [5, 5.41) is 4.43. The first-order valence-corrected chi connectivity index (χ1v) is 6.83. The summed E-state index contributed by atoms with van der Waals surface area (Å²) < 4.78 is 0. The van der Waals surface area contributed by atoms with Gasteiger partial charge in [-0.05, 0) is 37.5 Å². The summed E-state index contributed by atoms with van der Waals surface area (Å²) in [6, 6.07) is 9.04. The van der Waals surface area contributed by atoms with Crippen molar-refractivity contribution in [1.29, 1.82) is 0 Å². The normalized spacial score (nSPS) is 20.4. The molecule has 1 aliphatic rings. The van der Waals surface area contributed by atoms with Crippen LogP contribution in [0, 0.1) is 0 Å². The lowest BCUT2D eigenvalue weighted by atomic mass is 10.1. The smallest absolute Gasteiger partial charge is 0.161 e. The molecule has 0 spiro atoms. The van der Waals surface area contributed by atoms with Crippen molar-refractivity contribution in [2.75, 3.05) is 11.1 Å². The third kappa shape index (κ3) is 3.01. The van der Waals surface area contributed by atoms with Gasteiger partial charge in [-0.3, -0.25) is 4.99 Å². The van der Waals surface area contributed by atoms with Crippen molar-refractivity contribution in [1.82, 2.24) is 0 Å². The minimum Gasteiger partial charge on any atom is -0.335 e. The number of aliphatic imine (C=N–C) groups is 1. The van der Waals surface area contributed by atoms with E-state index < -0.39 is 0 Å². The van der Waals surface area contributed by atoms with E-state index in [2.05, 4.69) is 48.4 Å². The number of nitrogens with one attached hydrogen (secondary N) is 1. The van der Waals surface area contributed by atoms with Crippen LogP contribution in [-0.2, 0) is 6.42 Å². The van der Waals surface area contributed by atoms with Gasteiger partial charge in [0.2, 0.25) is 0 Å². The maximum Gasteiger partial charge on any atom is 0.161 e. The average molecular weight is 234 g/mol. The van der Waals surface area contributed by atoms with E-state index >= 15 is 0 Å². The summed E-state index contributed by atoms with van der Waals surface area (Å²) in [4.78, 5) is 4.59.